The van der Waals surface area contributed by atoms with Crippen LogP contribution < -0.4 is 10.8 Å². The summed E-state index contributed by atoms with van der Waals surface area (Å²) in [7, 11) is 1.53. The van der Waals surface area contributed by atoms with Gasteiger partial charge in [-0.3, -0.25) is 19.4 Å². The molecule has 1 atom stereocenters. The van der Waals surface area contributed by atoms with Crippen LogP contribution in [0.2, 0.25) is 0 Å². The Balaban J connectivity index is 1.54. The van der Waals surface area contributed by atoms with Crippen molar-refractivity contribution < 1.29 is 29.0 Å². The predicted molar refractivity (Wildman–Crippen MR) is 150 cm³/mol. The molecule has 9 nitrogen and oxygen atoms in total. The molecule has 0 bridgehead atoms. The van der Waals surface area contributed by atoms with Crippen molar-refractivity contribution in [2.24, 2.45) is 0 Å². The molecule has 0 spiro atoms. The van der Waals surface area contributed by atoms with E-state index in [1.165, 1.54) is 19.2 Å². The fourth-order valence-corrected chi connectivity index (χ4v) is 5.97. The number of fused-ring (bicyclic) bond motifs is 1. The molecular weight excluding hydrogens is 515 g/mol. The number of nitrogens with zero attached hydrogens (tertiary/aromatic N) is 2. The normalized spacial score (nSPS) is 20.3. The van der Waals surface area contributed by atoms with Crippen LogP contribution in [0.15, 0.2) is 49.1 Å². The molecule has 2 aromatic carbocycles. The van der Waals surface area contributed by atoms with Gasteiger partial charge in [0, 0.05) is 44.5 Å². The van der Waals surface area contributed by atoms with E-state index in [4.69, 9.17) is 9.57 Å². The summed E-state index contributed by atoms with van der Waals surface area (Å²) in [4.78, 5) is 21.9. The fourth-order valence-electron chi connectivity index (χ4n) is 5.97. The van der Waals surface area contributed by atoms with Crippen LogP contribution in [0.4, 0.5) is 10.1 Å². The molecule has 1 fully saturated rings. The van der Waals surface area contributed by atoms with Gasteiger partial charge in [-0.05, 0) is 70.4 Å². The minimum atomic E-state index is -2.64. The van der Waals surface area contributed by atoms with E-state index in [1.54, 1.807) is 24.3 Å². The van der Waals surface area contributed by atoms with Crippen molar-refractivity contribution in [3.05, 3.63) is 77.1 Å². The number of allylic oxidation sites excluding steroid dienone is 1. The maximum absolute atomic E-state index is 14.9. The summed E-state index contributed by atoms with van der Waals surface area (Å²) in [5.41, 5.74) is 3.76. The number of nitrogens with one attached hydrogen (secondary N) is 2. The first-order valence-corrected chi connectivity index (χ1v) is 13.6. The van der Waals surface area contributed by atoms with Crippen LogP contribution in [0.3, 0.4) is 0 Å². The van der Waals surface area contributed by atoms with E-state index < -0.39 is 18.0 Å². The third-order valence-electron chi connectivity index (χ3n) is 7.09. The standard InChI is InChI=1S/C30H41FN4O5/c1-7-8-12-25(39-32-6)35-27(36)22-10-9-11-24(26(22)30(35,37)38)33-16-21-15-20(13-14-23(21)31)17-34-18-28(2,3)40-29(4,5)19-34/h7,9-11,13-15,25,32-33,37-38H,1,8,12,16-19H2,2-6H3. The second-order valence-corrected chi connectivity index (χ2v) is 11.7. The smallest absolute Gasteiger partial charge is 0.282 e. The third-order valence-corrected chi connectivity index (χ3v) is 7.09. The molecular formula is C30H41FN4O5. The SMILES string of the molecule is C=CCCC(ONC)N1C(=O)c2cccc(NCc3cc(CN4CC(C)(C)OC(C)(C)C4)ccc3F)c2C1(O)O. The van der Waals surface area contributed by atoms with Gasteiger partial charge in [-0.1, -0.05) is 18.2 Å². The number of aliphatic hydroxyl groups is 2. The average molecular weight is 557 g/mol. The van der Waals surface area contributed by atoms with Gasteiger partial charge in [0.1, 0.15) is 5.82 Å². The number of benzene rings is 2. The summed E-state index contributed by atoms with van der Waals surface area (Å²) in [5.74, 6) is -3.61. The fraction of sp³-hybridized carbons (Fsp3) is 0.500. The number of carbonyl (C=O) groups is 1. The number of hydroxylamine groups is 1. The molecule has 0 saturated carbocycles. The maximum Gasteiger partial charge on any atom is 0.282 e. The Labute approximate surface area is 235 Å². The number of morpholine rings is 1. The Morgan fingerprint density at radius 2 is 1.88 bits per heavy atom. The van der Waals surface area contributed by atoms with Crippen molar-refractivity contribution >= 4 is 11.6 Å². The van der Waals surface area contributed by atoms with Crippen molar-refractivity contribution in [1.82, 2.24) is 15.3 Å². The third kappa shape index (κ3) is 6.38. The number of ether oxygens (including phenoxy) is 1. The van der Waals surface area contributed by atoms with E-state index in [-0.39, 0.29) is 34.7 Å². The summed E-state index contributed by atoms with van der Waals surface area (Å²) in [6.07, 6.45) is 1.48. The Bertz CT molecular complexity index is 1230. The number of amides is 1. The Hall–Kier alpha value is -2.86. The van der Waals surface area contributed by atoms with E-state index in [0.717, 1.165) is 23.6 Å². The molecule has 2 heterocycles. The van der Waals surface area contributed by atoms with Crippen LogP contribution >= 0.6 is 0 Å². The van der Waals surface area contributed by atoms with Gasteiger partial charge in [-0.2, -0.15) is 0 Å². The van der Waals surface area contributed by atoms with E-state index >= 15 is 0 Å². The molecule has 4 rings (SSSR count). The number of hydrogen-bond donors (Lipinski definition) is 4. The highest BCUT2D eigenvalue weighted by Crippen LogP contribution is 2.42. The number of carbonyl (C=O) groups excluding carboxylic acids is 1. The Morgan fingerprint density at radius 3 is 2.52 bits per heavy atom. The second-order valence-electron chi connectivity index (χ2n) is 11.7. The molecule has 4 N–H and O–H groups in total. The Kier molecular flexibility index (Phi) is 8.70. The van der Waals surface area contributed by atoms with Gasteiger partial charge < -0.3 is 20.3 Å². The lowest BCUT2D eigenvalue weighted by Gasteiger charge is -2.47. The lowest BCUT2D eigenvalue weighted by Crippen LogP contribution is -2.56. The summed E-state index contributed by atoms with van der Waals surface area (Å²) in [5, 5.41) is 25.6. The molecule has 1 saturated heterocycles. The van der Waals surface area contributed by atoms with Gasteiger partial charge in [-0.15, -0.1) is 6.58 Å². The quantitative estimate of drug-likeness (QED) is 0.188. The summed E-state index contributed by atoms with van der Waals surface area (Å²) >= 11 is 0. The first-order chi connectivity index (χ1) is 18.8. The van der Waals surface area contributed by atoms with Crippen molar-refractivity contribution in [1.29, 1.82) is 0 Å². The van der Waals surface area contributed by atoms with Crippen molar-refractivity contribution in [2.75, 3.05) is 25.5 Å². The summed E-state index contributed by atoms with van der Waals surface area (Å²) in [6, 6.07) is 9.85. The molecule has 2 aliphatic heterocycles. The number of halogens is 1. The largest absolute Gasteiger partial charge is 0.380 e. The average Bonchev–Trinajstić information content (AvgIpc) is 3.05. The minimum absolute atomic E-state index is 0.00218. The van der Waals surface area contributed by atoms with E-state index in [9.17, 15) is 19.4 Å². The minimum Gasteiger partial charge on any atom is -0.380 e. The van der Waals surface area contributed by atoms with Crippen molar-refractivity contribution in [3.63, 3.8) is 0 Å². The molecule has 1 amide bonds. The highest BCUT2D eigenvalue weighted by molar-refractivity contribution is 6.01. The van der Waals surface area contributed by atoms with Crippen LogP contribution in [-0.2, 0) is 28.6 Å². The second kappa shape index (κ2) is 11.6. The first-order valence-electron chi connectivity index (χ1n) is 13.6. The molecule has 1 unspecified atom stereocenters. The number of rotatable bonds is 11. The van der Waals surface area contributed by atoms with Gasteiger partial charge in [-0.25, -0.2) is 9.87 Å². The summed E-state index contributed by atoms with van der Waals surface area (Å²) in [6.45, 7) is 14.2. The first kappa shape index (κ1) is 30.1. The molecule has 0 aliphatic carbocycles. The molecule has 218 valence electrons. The molecule has 2 aliphatic rings. The number of hydrogen-bond acceptors (Lipinski definition) is 8. The topological polar surface area (TPSA) is 107 Å². The monoisotopic (exact) mass is 556 g/mol. The van der Waals surface area contributed by atoms with Gasteiger partial charge >= 0.3 is 0 Å². The van der Waals surface area contributed by atoms with Gasteiger partial charge in [0.15, 0.2) is 6.23 Å². The van der Waals surface area contributed by atoms with Gasteiger partial charge in [0.2, 0.25) is 0 Å². The van der Waals surface area contributed by atoms with E-state index in [2.05, 4.69) is 50.0 Å². The molecule has 0 aromatic heterocycles. The highest BCUT2D eigenvalue weighted by atomic mass is 19.1. The zero-order chi connectivity index (χ0) is 29.3. The molecule has 0 radical (unpaired) electrons. The van der Waals surface area contributed by atoms with Crippen LogP contribution in [0.25, 0.3) is 0 Å². The van der Waals surface area contributed by atoms with Crippen molar-refractivity contribution in [3.8, 4) is 0 Å². The lowest BCUT2D eigenvalue weighted by molar-refractivity contribution is -0.293. The van der Waals surface area contributed by atoms with Gasteiger partial charge in [0.25, 0.3) is 11.8 Å². The van der Waals surface area contributed by atoms with Crippen molar-refractivity contribution in [2.45, 2.75) is 77.0 Å². The zero-order valence-electron chi connectivity index (χ0n) is 24.0. The number of anilines is 1. The van der Waals surface area contributed by atoms with Crippen LogP contribution in [-0.4, -0.2) is 63.5 Å². The lowest BCUT2D eigenvalue weighted by atomic mass is 9.98. The van der Waals surface area contributed by atoms with Crippen LogP contribution in [0.5, 0.6) is 0 Å². The van der Waals surface area contributed by atoms with E-state index in [0.29, 0.717) is 30.6 Å². The van der Waals surface area contributed by atoms with E-state index in [1.807, 2.05) is 6.07 Å². The molecule has 10 heteroatoms. The van der Waals surface area contributed by atoms with Crippen LogP contribution in [0, 0.1) is 5.82 Å². The van der Waals surface area contributed by atoms with Crippen LogP contribution in [0.1, 0.15) is 67.6 Å². The Morgan fingerprint density at radius 1 is 1.18 bits per heavy atom. The van der Waals surface area contributed by atoms with Gasteiger partial charge in [0.05, 0.1) is 22.3 Å². The summed E-state index contributed by atoms with van der Waals surface area (Å²) < 4.78 is 21.1. The molecule has 40 heavy (non-hydrogen) atoms. The zero-order valence-corrected chi connectivity index (χ0v) is 24.0. The maximum atomic E-state index is 14.9. The molecule has 2 aromatic rings. The predicted octanol–water partition coefficient (Wildman–Crippen LogP) is 3.82. The highest BCUT2D eigenvalue weighted by Gasteiger charge is 2.52.